The van der Waals surface area contributed by atoms with Crippen LogP contribution in [0.15, 0.2) is 243 Å². The molecule has 0 amide bonds. The summed E-state index contributed by atoms with van der Waals surface area (Å²) in [6, 6.07) is 90.8. The summed E-state index contributed by atoms with van der Waals surface area (Å²) in [5.74, 6) is 0. The van der Waals surface area contributed by atoms with Crippen LogP contribution in [0.25, 0.3) is 71.3 Å². The number of aromatic nitrogens is 1. The molecule has 0 spiro atoms. The van der Waals surface area contributed by atoms with Gasteiger partial charge in [0.1, 0.15) is 0 Å². The Morgan fingerprint density at radius 2 is 0.838 bits per heavy atom. The topological polar surface area (TPSA) is 8.17 Å². The second-order valence-corrected chi connectivity index (χ2v) is 19.2. The Bertz CT molecular complexity index is 3960. The number of para-hydroxylation sites is 1. The van der Waals surface area contributed by atoms with Crippen LogP contribution in [0.4, 0.5) is 17.1 Å². The van der Waals surface area contributed by atoms with Gasteiger partial charge in [-0.25, -0.2) is 0 Å². The van der Waals surface area contributed by atoms with E-state index in [9.17, 15) is 0 Å². The lowest BCUT2D eigenvalue weighted by Crippen LogP contribution is -2.28. The normalized spacial score (nSPS) is 14.0. The van der Waals surface area contributed by atoms with Gasteiger partial charge in [-0.2, -0.15) is 0 Å². The number of nitrogens with zero attached hydrogens (tertiary/aromatic N) is 2. The number of benzene rings is 11. The SMILES string of the molecule is CC1(C)c2ccccc2-c2cc(N(c3ccc4c(ccc5ccccc54)c3)c3ccc4c(c3)c3cc(C5(c6ccccc6)c6ccccc6-c6ccccc65)ccc3n4-c3ccccc3)ccc21. The highest BCUT2D eigenvalue weighted by Gasteiger charge is 2.46. The number of hydrogen-bond acceptors (Lipinski definition) is 1. The molecule has 0 N–H and O–H groups in total. The molecule has 1 aromatic heterocycles. The molecule has 0 bridgehead atoms. The van der Waals surface area contributed by atoms with Crippen molar-refractivity contribution >= 4 is 60.4 Å². The Balaban J connectivity index is 1.04. The Morgan fingerprint density at radius 3 is 1.59 bits per heavy atom. The largest absolute Gasteiger partial charge is 0.310 e. The molecule has 0 aliphatic heterocycles. The van der Waals surface area contributed by atoms with Gasteiger partial charge in [-0.1, -0.05) is 190 Å². The lowest BCUT2D eigenvalue weighted by atomic mass is 9.67. The standard InChI is InChI=1S/C66H46N2/c1-65(2)59-26-14-11-25-55(59)56-41-49(33-36-60(56)65)67(48-32-35-52-44(39-48)30-29-43-17-9-10-22-51(43)52)50-34-38-64-58(42-50)57-40-46(31-37-63(57)68(64)47-20-7-4-8-21-47)66(45-18-5-3-6-19-45)61-27-15-12-23-53(61)54-24-13-16-28-62(54)66/h3-42H,1-2H3. The molecule has 2 aliphatic carbocycles. The van der Waals surface area contributed by atoms with Crippen LogP contribution in [0.1, 0.15) is 47.2 Å². The Hall–Kier alpha value is -8.46. The highest BCUT2D eigenvalue weighted by atomic mass is 15.1. The van der Waals surface area contributed by atoms with Gasteiger partial charge < -0.3 is 9.47 Å². The van der Waals surface area contributed by atoms with E-state index in [1.165, 1.54) is 99.0 Å². The minimum absolute atomic E-state index is 0.0906. The Morgan fingerprint density at radius 1 is 0.324 bits per heavy atom. The van der Waals surface area contributed by atoms with Crippen molar-refractivity contribution in [1.82, 2.24) is 4.57 Å². The van der Waals surface area contributed by atoms with Crippen molar-refractivity contribution in [2.75, 3.05) is 4.90 Å². The van der Waals surface area contributed by atoms with Gasteiger partial charge in [0.2, 0.25) is 0 Å². The molecule has 0 atom stereocenters. The molecule has 2 heteroatoms. The molecule has 0 fully saturated rings. The average molecular weight is 867 g/mol. The third kappa shape index (κ3) is 5.40. The smallest absolute Gasteiger partial charge is 0.0713 e. The second kappa shape index (κ2) is 14.5. The molecular formula is C66H46N2. The molecule has 2 nitrogen and oxygen atoms in total. The van der Waals surface area contributed by atoms with Gasteiger partial charge in [-0.15, -0.1) is 0 Å². The number of fused-ring (bicyclic) bond motifs is 12. The summed E-state index contributed by atoms with van der Waals surface area (Å²) >= 11 is 0. The molecule has 12 aromatic rings. The monoisotopic (exact) mass is 866 g/mol. The van der Waals surface area contributed by atoms with Crippen LogP contribution in [0.3, 0.4) is 0 Å². The first kappa shape index (κ1) is 38.8. The summed E-state index contributed by atoms with van der Waals surface area (Å²) in [4.78, 5) is 2.48. The van der Waals surface area contributed by atoms with Crippen molar-refractivity contribution < 1.29 is 0 Å². The average Bonchev–Trinajstić information content (AvgIpc) is 3.97. The van der Waals surface area contributed by atoms with Gasteiger partial charge in [0.05, 0.1) is 16.4 Å². The van der Waals surface area contributed by atoms with Gasteiger partial charge in [0.25, 0.3) is 0 Å². The molecule has 320 valence electrons. The molecule has 11 aromatic carbocycles. The van der Waals surface area contributed by atoms with E-state index in [4.69, 9.17) is 0 Å². The van der Waals surface area contributed by atoms with Crippen LogP contribution in [-0.2, 0) is 10.8 Å². The van der Waals surface area contributed by atoms with E-state index in [0.29, 0.717) is 0 Å². The maximum Gasteiger partial charge on any atom is 0.0713 e. The van der Waals surface area contributed by atoms with Crippen LogP contribution >= 0.6 is 0 Å². The lowest BCUT2D eigenvalue weighted by molar-refractivity contribution is 0.660. The van der Waals surface area contributed by atoms with Crippen LogP contribution in [0, 0.1) is 0 Å². The predicted molar refractivity (Wildman–Crippen MR) is 285 cm³/mol. The fourth-order valence-electron chi connectivity index (χ4n) is 12.4. The highest BCUT2D eigenvalue weighted by molar-refractivity contribution is 6.12. The Labute approximate surface area is 396 Å². The molecule has 1 heterocycles. The molecule has 14 rings (SSSR count). The maximum absolute atomic E-state index is 2.51. The van der Waals surface area contributed by atoms with Crippen molar-refractivity contribution in [3.05, 3.63) is 276 Å². The molecule has 0 saturated heterocycles. The third-order valence-electron chi connectivity index (χ3n) is 15.4. The van der Waals surface area contributed by atoms with E-state index >= 15 is 0 Å². The first-order chi connectivity index (χ1) is 33.5. The lowest BCUT2D eigenvalue weighted by Gasteiger charge is -2.34. The quantitative estimate of drug-likeness (QED) is 0.151. The van der Waals surface area contributed by atoms with E-state index in [0.717, 1.165) is 22.7 Å². The van der Waals surface area contributed by atoms with Crippen molar-refractivity contribution in [2.45, 2.75) is 24.7 Å². The van der Waals surface area contributed by atoms with Crippen LogP contribution in [0.5, 0.6) is 0 Å². The van der Waals surface area contributed by atoms with Crippen molar-refractivity contribution in [2.24, 2.45) is 0 Å². The minimum atomic E-state index is -0.517. The van der Waals surface area contributed by atoms with Crippen LogP contribution in [0.2, 0.25) is 0 Å². The number of anilines is 3. The fourth-order valence-corrected chi connectivity index (χ4v) is 12.4. The molecule has 0 unspecified atom stereocenters. The molecule has 0 saturated carbocycles. The first-order valence-corrected chi connectivity index (χ1v) is 23.8. The zero-order chi connectivity index (χ0) is 45.1. The first-order valence-electron chi connectivity index (χ1n) is 23.8. The van der Waals surface area contributed by atoms with Crippen molar-refractivity contribution in [1.29, 1.82) is 0 Å². The van der Waals surface area contributed by atoms with Crippen molar-refractivity contribution in [3.8, 4) is 27.9 Å². The van der Waals surface area contributed by atoms with E-state index in [2.05, 4.69) is 266 Å². The van der Waals surface area contributed by atoms with E-state index in [-0.39, 0.29) is 5.41 Å². The summed E-state index contributed by atoms with van der Waals surface area (Å²) < 4.78 is 2.45. The molecule has 2 aliphatic rings. The fraction of sp³-hybridized carbons (Fsp3) is 0.0606. The third-order valence-corrected chi connectivity index (χ3v) is 15.4. The summed E-state index contributed by atoms with van der Waals surface area (Å²) in [5.41, 5.74) is 19.3. The van der Waals surface area contributed by atoms with Crippen LogP contribution in [-0.4, -0.2) is 4.57 Å². The summed E-state index contributed by atoms with van der Waals surface area (Å²) in [6.07, 6.45) is 0. The molecule has 0 radical (unpaired) electrons. The van der Waals surface area contributed by atoms with Gasteiger partial charge >= 0.3 is 0 Å². The maximum atomic E-state index is 2.51. The van der Waals surface area contributed by atoms with E-state index in [1.54, 1.807) is 0 Å². The van der Waals surface area contributed by atoms with E-state index in [1.807, 2.05) is 0 Å². The van der Waals surface area contributed by atoms with Crippen LogP contribution < -0.4 is 4.90 Å². The molecule has 68 heavy (non-hydrogen) atoms. The second-order valence-electron chi connectivity index (χ2n) is 19.2. The number of rotatable bonds is 6. The Kier molecular flexibility index (Phi) is 8.28. The summed E-state index contributed by atoms with van der Waals surface area (Å²) in [6.45, 7) is 4.72. The van der Waals surface area contributed by atoms with Gasteiger partial charge in [-0.05, 0) is 144 Å². The van der Waals surface area contributed by atoms with Gasteiger partial charge in [0.15, 0.2) is 0 Å². The minimum Gasteiger partial charge on any atom is -0.310 e. The highest BCUT2D eigenvalue weighted by Crippen LogP contribution is 2.57. The predicted octanol–water partition coefficient (Wildman–Crippen LogP) is 17.2. The van der Waals surface area contributed by atoms with Gasteiger partial charge in [0, 0.05) is 38.9 Å². The summed E-state index contributed by atoms with van der Waals surface area (Å²) in [5, 5.41) is 7.42. The number of hydrogen-bond donors (Lipinski definition) is 0. The summed E-state index contributed by atoms with van der Waals surface area (Å²) in [7, 11) is 0. The zero-order valence-corrected chi connectivity index (χ0v) is 38.0. The van der Waals surface area contributed by atoms with Gasteiger partial charge in [-0.3, -0.25) is 0 Å². The zero-order valence-electron chi connectivity index (χ0n) is 38.0. The van der Waals surface area contributed by atoms with Crippen molar-refractivity contribution in [3.63, 3.8) is 0 Å². The molecular weight excluding hydrogens is 821 g/mol. The van der Waals surface area contributed by atoms with E-state index < -0.39 is 5.41 Å².